The lowest BCUT2D eigenvalue weighted by Crippen LogP contribution is -1.89. The van der Waals surface area contributed by atoms with Crippen LogP contribution in [0, 0.1) is 10.1 Å². The van der Waals surface area contributed by atoms with E-state index in [0.29, 0.717) is 0 Å². The Kier molecular flexibility index (Phi) is 3.57. The normalized spacial score (nSPS) is 10.4. The van der Waals surface area contributed by atoms with Crippen LogP contribution in [0.2, 0.25) is 0 Å². The number of nitro benzene ring substituents is 1. The number of nitrogens with zero attached hydrogens (tertiary/aromatic N) is 2. The molecule has 6 nitrogen and oxygen atoms in total. The van der Waals surface area contributed by atoms with Gasteiger partial charge in [0, 0.05) is 23.3 Å². The van der Waals surface area contributed by atoms with Gasteiger partial charge in [0.15, 0.2) is 0 Å². The third-order valence-corrected chi connectivity index (χ3v) is 3.37. The SMILES string of the molecule is COc1cccc(-c2[nH]ncc2-c2cccc([N+](=O)[O-])c2)c1. The van der Waals surface area contributed by atoms with E-state index in [1.54, 1.807) is 19.4 Å². The summed E-state index contributed by atoms with van der Waals surface area (Å²) in [7, 11) is 1.60. The number of benzene rings is 2. The van der Waals surface area contributed by atoms with Crippen molar-refractivity contribution in [2.75, 3.05) is 7.11 Å². The predicted octanol–water partition coefficient (Wildman–Crippen LogP) is 3.66. The summed E-state index contributed by atoms with van der Waals surface area (Å²) in [6.45, 7) is 0. The van der Waals surface area contributed by atoms with Crippen LogP contribution in [0.4, 0.5) is 5.69 Å². The van der Waals surface area contributed by atoms with Crippen molar-refractivity contribution in [3.05, 3.63) is 64.8 Å². The van der Waals surface area contributed by atoms with Gasteiger partial charge in [0.2, 0.25) is 0 Å². The first-order chi connectivity index (χ1) is 10.7. The molecule has 0 spiro atoms. The number of nitro groups is 1. The van der Waals surface area contributed by atoms with Crippen LogP contribution in [0.1, 0.15) is 0 Å². The third-order valence-electron chi connectivity index (χ3n) is 3.37. The Morgan fingerprint density at radius 2 is 1.91 bits per heavy atom. The molecule has 0 aliphatic heterocycles. The molecule has 2 aromatic carbocycles. The van der Waals surface area contributed by atoms with Gasteiger partial charge < -0.3 is 4.74 Å². The van der Waals surface area contributed by atoms with Crippen molar-refractivity contribution in [1.29, 1.82) is 0 Å². The van der Waals surface area contributed by atoms with E-state index >= 15 is 0 Å². The van der Waals surface area contributed by atoms with Gasteiger partial charge in [0.1, 0.15) is 5.75 Å². The molecule has 3 aromatic rings. The number of H-pyrrole nitrogens is 1. The van der Waals surface area contributed by atoms with Gasteiger partial charge in [-0.05, 0) is 17.7 Å². The second kappa shape index (κ2) is 5.69. The second-order valence-electron chi connectivity index (χ2n) is 4.70. The lowest BCUT2D eigenvalue weighted by molar-refractivity contribution is -0.384. The molecule has 0 fully saturated rings. The van der Waals surface area contributed by atoms with Crippen molar-refractivity contribution < 1.29 is 9.66 Å². The summed E-state index contributed by atoms with van der Waals surface area (Å²) in [6.07, 6.45) is 1.66. The Hall–Kier alpha value is -3.15. The molecule has 3 rings (SSSR count). The molecule has 0 saturated carbocycles. The maximum atomic E-state index is 10.9. The number of nitrogens with one attached hydrogen (secondary N) is 1. The van der Waals surface area contributed by atoms with E-state index in [9.17, 15) is 10.1 Å². The molecule has 0 unspecified atom stereocenters. The second-order valence-corrected chi connectivity index (χ2v) is 4.70. The standard InChI is InChI=1S/C16H13N3O3/c1-22-14-7-3-5-12(9-14)16-15(10-17-18-16)11-4-2-6-13(8-11)19(20)21/h2-10H,1H3,(H,17,18). The van der Waals surface area contributed by atoms with Gasteiger partial charge in [0.05, 0.1) is 23.9 Å². The van der Waals surface area contributed by atoms with Crippen LogP contribution in [0.3, 0.4) is 0 Å². The Morgan fingerprint density at radius 3 is 2.68 bits per heavy atom. The van der Waals surface area contributed by atoms with Crippen LogP contribution in [0.25, 0.3) is 22.4 Å². The number of aromatic amines is 1. The fraction of sp³-hybridized carbons (Fsp3) is 0.0625. The molecule has 0 aliphatic carbocycles. The Bertz CT molecular complexity index is 827. The van der Waals surface area contributed by atoms with Crippen molar-refractivity contribution in [3.63, 3.8) is 0 Å². The van der Waals surface area contributed by atoms with Gasteiger partial charge in [-0.3, -0.25) is 15.2 Å². The first kappa shape index (κ1) is 13.8. The number of aromatic nitrogens is 2. The highest BCUT2D eigenvalue weighted by Crippen LogP contribution is 2.33. The third kappa shape index (κ3) is 2.54. The lowest BCUT2D eigenvalue weighted by atomic mass is 10.0. The highest BCUT2D eigenvalue weighted by Gasteiger charge is 2.13. The molecule has 22 heavy (non-hydrogen) atoms. The monoisotopic (exact) mass is 295 g/mol. The fourth-order valence-corrected chi connectivity index (χ4v) is 2.29. The summed E-state index contributed by atoms with van der Waals surface area (Å²) >= 11 is 0. The van der Waals surface area contributed by atoms with Crippen LogP contribution in [-0.4, -0.2) is 22.2 Å². The first-order valence-electron chi connectivity index (χ1n) is 6.61. The number of hydrogen-bond acceptors (Lipinski definition) is 4. The minimum atomic E-state index is -0.408. The number of non-ortho nitro benzene ring substituents is 1. The van der Waals surface area contributed by atoms with Gasteiger partial charge in [0.25, 0.3) is 5.69 Å². The number of rotatable bonds is 4. The topological polar surface area (TPSA) is 81.0 Å². The largest absolute Gasteiger partial charge is 0.497 e. The first-order valence-corrected chi connectivity index (χ1v) is 6.61. The van der Waals surface area contributed by atoms with E-state index < -0.39 is 4.92 Å². The summed E-state index contributed by atoms with van der Waals surface area (Å²) in [5, 5.41) is 17.9. The molecule has 0 radical (unpaired) electrons. The summed E-state index contributed by atoms with van der Waals surface area (Å²) in [5.74, 6) is 0.733. The quantitative estimate of drug-likeness (QED) is 0.588. The molecule has 1 aromatic heterocycles. The molecule has 1 heterocycles. The predicted molar refractivity (Wildman–Crippen MR) is 82.7 cm³/mol. The van der Waals surface area contributed by atoms with Crippen molar-refractivity contribution in [2.24, 2.45) is 0 Å². The average molecular weight is 295 g/mol. The molecule has 0 amide bonds. The molecule has 0 atom stereocenters. The zero-order valence-electron chi connectivity index (χ0n) is 11.8. The molecule has 6 heteroatoms. The molecule has 0 bridgehead atoms. The van der Waals surface area contributed by atoms with Crippen LogP contribution >= 0.6 is 0 Å². The van der Waals surface area contributed by atoms with E-state index in [0.717, 1.165) is 28.1 Å². The molecular weight excluding hydrogens is 282 g/mol. The lowest BCUT2D eigenvalue weighted by Gasteiger charge is -2.06. The van der Waals surface area contributed by atoms with E-state index in [1.165, 1.54) is 12.1 Å². The molecular formula is C16H13N3O3. The minimum absolute atomic E-state index is 0.0512. The summed E-state index contributed by atoms with van der Waals surface area (Å²) < 4.78 is 5.23. The number of methoxy groups -OCH3 is 1. The van der Waals surface area contributed by atoms with Crippen LogP contribution in [0.15, 0.2) is 54.7 Å². The van der Waals surface area contributed by atoms with Gasteiger partial charge in [-0.1, -0.05) is 24.3 Å². The molecule has 0 saturated heterocycles. The van der Waals surface area contributed by atoms with Crippen molar-refractivity contribution in [2.45, 2.75) is 0 Å². The number of ether oxygens (including phenoxy) is 1. The maximum absolute atomic E-state index is 10.9. The fourth-order valence-electron chi connectivity index (χ4n) is 2.29. The summed E-state index contributed by atoms with van der Waals surface area (Å²) in [5.41, 5.74) is 3.28. The van der Waals surface area contributed by atoms with Gasteiger partial charge in [-0.25, -0.2) is 0 Å². The number of hydrogen-bond donors (Lipinski definition) is 1. The highest BCUT2D eigenvalue weighted by molar-refractivity contribution is 5.81. The van der Waals surface area contributed by atoms with Gasteiger partial charge in [-0.2, -0.15) is 5.10 Å². The summed E-state index contributed by atoms with van der Waals surface area (Å²) in [4.78, 5) is 10.5. The smallest absolute Gasteiger partial charge is 0.270 e. The van der Waals surface area contributed by atoms with E-state index in [-0.39, 0.29) is 5.69 Å². The minimum Gasteiger partial charge on any atom is -0.497 e. The van der Waals surface area contributed by atoms with Gasteiger partial charge in [-0.15, -0.1) is 0 Å². The van der Waals surface area contributed by atoms with E-state index in [4.69, 9.17) is 4.74 Å². The molecule has 110 valence electrons. The van der Waals surface area contributed by atoms with Crippen LogP contribution in [0.5, 0.6) is 5.75 Å². The molecule has 0 aliphatic rings. The maximum Gasteiger partial charge on any atom is 0.270 e. The zero-order chi connectivity index (χ0) is 15.5. The van der Waals surface area contributed by atoms with Crippen molar-refractivity contribution in [3.8, 4) is 28.1 Å². The Morgan fingerprint density at radius 1 is 1.14 bits per heavy atom. The average Bonchev–Trinajstić information content (AvgIpc) is 3.04. The Labute approximate surface area is 126 Å². The van der Waals surface area contributed by atoms with E-state index in [1.807, 2.05) is 30.3 Å². The molecule has 1 N–H and O–H groups in total. The zero-order valence-corrected chi connectivity index (χ0v) is 11.8. The van der Waals surface area contributed by atoms with Crippen LogP contribution in [-0.2, 0) is 0 Å². The van der Waals surface area contributed by atoms with Crippen LogP contribution < -0.4 is 4.74 Å². The highest BCUT2D eigenvalue weighted by atomic mass is 16.6. The van der Waals surface area contributed by atoms with Crippen molar-refractivity contribution >= 4 is 5.69 Å². The van der Waals surface area contributed by atoms with Gasteiger partial charge >= 0.3 is 0 Å². The summed E-state index contributed by atoms with van der Waals surface area (Å²) in [6, 6.07) is 14.0. The Balaban J connectivity index is 2.09. The van der Waals surface area contributed by atoms with Crippen molar-refractivity contribution in [1.82, 2.24) is 10.2 Å². The van der Waals surface area contributed by atoms with E-state index in [2.05, 4.69) is 10.2 Å².